The molecule has 3 aromatic rings. The zero-order chi connectivity index (χ0) is 20.8. The van der Waals surface area contributed by atoms with E-state index in [1.165, 1.54) is 11.9 Å². The molecule has 8 nitrogen and oxygen atoms in total. The molecule has 1 aliphatic carbocycles. The first-order chi connectivity index (χ1) is 14.5. The molecule has 5 rings (SSSR count). The molecule has 1 aliphatic heterocycles. The van der Waals surface area contributed by atoms with Gasteiger partial charge in [0.1, 0.15) is 17.6 Å². The summed E-state index contributed by atoms with van der Waals surface area (Å²) in [6.45, 7) is 3.25. The maximum absolute atomic E-state index is 12.0. The first-order valence-electron chi connectivity index (χ1n) is 10.4. The summed E-state index contributed by atoms with van der Waals surface area (Å²) in [7, 11) is 1.87. The molecule has 0 spiro atoms. The quantitative estimate of drug-likeness (QED) is 0.687. The maximum atomic E-state index is 12.0. The third-order valence-electron chi connectivity index (χ3n) is 6.47. The van der Waals surface area contributed by atoms with Crippen LogP contribution in [0.5, 0.6) is 5.75 Å². The third-order valence-corrected chi connectivity index (χ3v) is 6.47. The molecule has 2 aromatic heterocycles. The number of carbonyl (C=O) groups excluding carboxylic acids is 1. The second-order valence-corrected chi connectivity index (χ2v) is 8.52. The lowest BCUT2D eigenvalue weighted by Crippen LogP contribution is -2.50. The van der Waals surface area contributed by atoms with Crippen molar-refractivity contribution < 1.29 is 9.90 Å². The van der Waals surface area contributed by atoms with Gasteiger partial charge in [-0.05, 0) is 42.4 Å². The Morgan fingerprint density at radius 2 is 2.07 bits per heavy atom. The summed E-state index contributed by atoms with van der Waals surface area (Å²) in [5.41, 5.74) is 9.87. The topological polar surface area (TPSA) is 101 Å². The van der Waals surface area contributed by atoms with Gasteiger partial charge in [-0.25, -0.2) is 9.97 Å². The number of nitrogens with two attached hydrogens (primary N) is 1. The second-order valence-electron chi connectivity index (χ2n) is 8.52. The van der Waals surface area contributed by atoms with E-state index in [0.717, 1.165) is 49.2 Å². The lowest BCUT2D eigenvalue weighted by atomic mass is 9.71. The van der Waals surface area contributed by atoms with E-state index < -0.39 is 0 Å². The summed E-state index contributed by atoms with van der Waals surface area (Å²) in [5.74, 6) is 1.84. The van der Waals surface area contributed by atoms with Crippen LogP contribution in [-0.2, 0) is 4.79 Å². The van der Waals surface area contributed by atoms with Gasteiger partial charge in [0.15, 0.2) is 5.82 Å². The van der Waals surface area contributed by atoms with Gasteiger partial charge < -0.3 is 20.3 Å². The summed E-state index contributed by atoms with van der Waals surface area (Å²) in [5, 5.41) is 9.91. The average Bonchev–Trinajstić information content (AvgIpc) is 3.08. The summed E-state index contributed by atoms with van der Waals surface area (Å²) >= 11 is 0. The molecule has 2 fully saturated rings. The van der Waals surface area contributed by atoms with Crippen LogP contribution in [-0.4, -0.2) is 68.6 Å². The molecule has 0 radical (unpaired) electrons. The van der Waals surface area contributed by atoms with Crippen LogP contribution >= 0.6 is 0 Å². The van der Waals surface area contributed by atoms with E-state index in [1.54, 1.807) is 17.0 Å². The number of amides is 1. The van der Waals surface area contributed by atoms with Crippen LogP contribution in [0.15, 0.2) is 36.8 Å². The molecule has 3 N–H and O–H groups in total. The first-order valence-corrected chi connectivity index (χ1v) is 10.4. The van der Waals surface area contributed by atoms with Crippen LogP contribution in [0, 0.1) is 5.92 Å². The van der Waals surface area contributed by atoms with Crippen molar-refractivity contribution in [3.63, 3.8) is 0 Å². The number of aromatic nitrogens is 3. The van der Waals surface area contributed by atoms with Gasteiger partial charge in [-0.1, -0.05) is 6.07 Å². The van der Waals surface area contributed by atoms with Crippen molar-refractivity contribution in [1.82, 2.24) is 24.3 Å². The van der Waals surface area contributed by atoms with Crippen molar-refractivity contribution in [1.29, 1.82) is 0 Å². The van der Waals surface area contributed by atoms with Gasteiger partial charge in [0, 0.05) is 44.6 Å². The van der Waals surface area contributed by atoms with Gasteiger partial charge in [0.2, 0.25) is 5.91 Å². The lowest BCUT2D eigenvalue weighted by Gasteiger charge is -2.40. The number of anilines is 1. The van der Waals surface area contributed by atoms with Crippen LogP contribution in [0.2, 0.25) is 0 Å². The Balaban J connectivity index is 1.37. The summed E-state index contributed by atoms with van der Waals surface area (Å²) in [6, 6.07) is 7.11. The van der Waals surface area contributed by atoms with Crippen molar-refractivity contribution in [2.24, 2.45) is 5.92 Å². The summed E-state index contributed by atoms with van der Waals surface area (Å²) in [6.07, 6.45) is 5.75. The number of hydrogen-bond donors (Lipinski definition) is 2. The number of benzene rings is 1. The highest BCUT2D eigenvalue weighted by atomic mass is 16.3. The SMILES string of the molecule is CN1CCN(CC2CC(c3cn(-c4cccc(O)c4)c4c(N)ncnc34)C2)CC1=O. The zero-order valence-electron chi connectivity index (χ0n) is 17.0. The molecule has 30 heavy (non-hydrogen) atoms. The molecule has 156 valence electrons. The maximum Gasteiger partial charge on any atom is 0.236 e. The number of likely N-dealkylation sites (N-methyl/N-ethyl adjacent to an activating group) is 1. The average molecular weight is 406 g/mol. The Morgan fingerprint density at radius 3 is 2.83 bits per heavy atom. The Labute approximate surface area is 174 Å². The van der Waals surface area contributed by atoms with Gasteiger partial charge in [0.25, 0.3) is 0 Å². The number of fused-ring (bicyclic) bond motifs is 1. The van der Waals surface area contributed by atoms with E-state index in [-0.39, 0.29) is 11.7 Å². The number of nitrogen functional groups attached to an aromatic ring is 1. The molecule has 1 aromatic carbocycles. The first kappa shape index (κ1) is 18.9. The van der Waals surface area contributed by atoms with Crippen molar-refractivity contribution >= 4 is 22.8 Å². The molecule has 0 atom stereocenters. The normalized spacial score (nSPS) is 22.4. The minimum absolute atomic E-state index is 0.205. The third kappa shape index (κ3) is 3.27. The molecular weight excluding hydrogens is 380 g/mol. The highest BCUT2D eigenvalue weighted by molar-refractivity contribution is 5.90. The predicted octanol–water partition coefficient (Wildman–Crippen LogP) is 1.98. The molecule has 1 amide bonds. The van der Waals surface area contributed by atoms with E-state index in [4.69, 9.17) is 5.73 Å². The number of phenols is 1. The smallest absolute Gasteiger partial charge is 0.236 e. The van der Waals surface area contributed by atoms with Crippen LogP contribution < -0.4 is 5.73 Å². The molecule has 1 saturated carbocycles. The van der Waals surface area contributed by atoms with E-state index in [1.807, 2.05) is 23.7 Å². The monoisotopic (exact) mass is 406 g/mol. The number of phenolic OH excluding ortho intramolecular Hbond substituents is 1. The Kier molecular flexibility index (Phi) is 4.58. The van der Waals surface area contributed by atoms with Gasteiger partial charge >= 0.3 is 0 Å². The molecule has 8 heteroatoms. The van der Waals surface area contributed by atoms with E-state index >= 15 is 0 Å². The van der Waals surface area contributed by atoms with Crippen LogP contribution in [0.25, 0.3) is 16.7 Å². The van der Waals surface area contributed by atoms with Gasteiger partial charge in [-0.2, -0.15) is 0 Å². The number of nitrogens with zero attached hydrogens (tertiary/aromatic N) is 5. The number of piperazine rings is 1. The number of hydrogen-bond acceptors (Lipinski definition) is 6. The Hall–Kier alpha value is -3.13. The Bertz CT molecular complexity index is 1100. The predicted molar refractivity (Wildman–Crippen MR) is 114 cm³/mol. The molecule has 1 saturated heterocycles. The van der Waals surface area contributed by atoms with Crippen molar-refractivity contribution in [3.8, 4) is 11.4 Å². The summed E-state index contributed by atoms with van der Waals surface area (Å²) in [4.78, 5) is 24.8. The molecule has 3 heterocycles. The molecule has 2 aliphatic rings. The van der Waals surface area contributed by atoms with Crippen LogP contribution in [0.3, 0.4) is 0 Å². The minimum atomic E-state index is 0.205. The lowest BCUT2D eigenvalue weighted by molar-refractivity contribution is -0.134. The van der Waals surface area contributed by atoms with Gasteiger partial charge in [-0.3, -0.25) is 9.69 Å². The number of aromatic hydroxyl groups is 1. The fourth-order valence-electron chi connectivity index (χ4n) is 4.72. The molecular formula is C22H26N6O2. The van der Waals surface area contributed by atoms with Crippen molar-refractivity contribution in [3.05, 3.63) is 42.4 Å². The van der Waals surface area contributed by atoms with Gasteiger partial charge in [-0.15, -0.1) is 0 Å². The zero-order valence-corrected chi connectivity index (χ0v) is 17.0. The number of carbonyl (C=O) groups is 1. The fraction of sp³-hybridized carbons (Fsp3) is 0.409. The van der Waals surface area contributed by atoms with Crippen molar-refractivity contribution in [2.75, 3.05) is 39.0 Å². The minimum Gasteiger partial charge on any atom is -0.508 e. The van der Waals surface area contributed by atoms with E-state index in [0.29, 0.717) is 24.2 Å². The second kappa shape index (κ2) is 7.28. The standard InChI is InChI=1S/C22H26N6O2/c1-26-5-6-27(12-19(26)30)10-14-7-15(8-14)18-11-28(16-3-2-4-17(29)9-16)21-20(18)24-13-25-22(21)23/h2-4,9,11,13-15,29H,5-8,10,12H2,1H3,(H2,23,24,25). The van der Waals surface area contributed by atoms with Gasteiger partial charge in [0.05, 0.1) is 12.1 Å². The van der Waals surface area contributed by atoms with Crippen molar-refractivity contribution in [2.45, 2.75) is 18.8 Å². The largest absolute Gasteiger partial charge is 0.508 e. The van der Waals surface area contributed by atoms with E-state index in [9.17, 15) is 9.90 Å². The highest BCUT2D eigenvalue weighted by Gasteiger charge is 2.35. The molecule has 0 unspecified atom stereocenters. The highest BCUT2D eigenvalue weighted by Crippen LogP contribution is 2.45. The van der Waals surface area contributed by atoms with E-state index in [2.05, 4.69) is 21.1 Å². The fourth-order valence-corrected chi connectivity index (χ4v) is 4.72. The van der Waals surface area contributed by atoms with Crippen LogP contribution in [0.4, 0.5) is 5.82 Å². The Morgan fingerprint density at radius 1 is 1.23 bits per heavy atom. The number of rotatable bonds is 4. The van der Waals surface area contributed by atoms with Crippen LogP contribution in [0.1, 0.15) is 24.3 Å². The molecule has 0 bridgehead atoms. The summed E-state index contributed by atoms with van der Waals surface area (Å²) < 4.78 is 1.98.